The third-order valence-electron chi connectivity index (χ3n) is 2.28. The van der Waals surface area contributed by atoms with E-state index in [-0.39, 0.29) is 5.56 Å². The molecular weight excluding hydrogens is 277 g/mol. The molecule has 2 rings (SSSR count). The van der Waals surface area contributed by atoms with Gasteiger partial charge in [0.1, 0.15) is 5.82 Å². The van der Waals surface area contributed by atoms with E-state index in [0.717, 1.165) is 23.5 Å². The number of hydrogen-bond acceptors (Lipinski definition) is 2. The number of thiophene rings is 1. The Morgan fingerprint density at radius 1 is 1.21 bits per heavy atom. The first-order chi connectivity index (χ1) is 8.97. The van der Waals surface area contributed by atoms with E-state index in [1.807, 2.05) is 0 Å². The second-order valence-electron chi connectivity index (χ2n) is 3.62. The summed E-state index contributed by atoms with van der Waals surface area (Å²) in [5.41, 5.74) is -0.183. The summed E-state index contributed by atoms with van der Waals surface area (Å²) < 4.78 is 39.7. The first-order valence-electron chi connectivity index (χ1n) is 5.13. The van der Waals surface area contributed by atoms with E-state index in [4.69, 9.17) is 5.11 Å². The van der Waals surface area contributed by atoms with Crippen molar-refractivity contribution in [3.63, 3.8) is 0 Å². The van der Waals surface area contributed by atoms with E-state index in [9.17, 15) is 18.0 Å². The van der Waals surface area contributed by atoms with Crippen molar-refractivity contribution >= 4 is 23.4 Å². The van der Waals surface area contributed by atoms with Gasteiger partial charge in [0.25, 0.3) is 0 Å². The van der Waals surface area contributed by atoms with Gasteiger partial charge in [-0.2, -0.15) is 0 Å². The van der Waals surface area contributed by atoms with Crippen molar-refractivity contribution in [1.29, 1.82) is 0 Å². The zero-order valence-corrected chi connectivity index (χ0v) is 10.2. The average Bonchev–Trinajstić information content (AvgIpc) is 2.79. The maximum absolute atomic E-state index is 13.5. The van der Waals surface area contributed by atoms with Crippen LogP contribution in [0.4, 0.5) is 13.2 Å². The summed E-state index contributed by atoms with van der Waals surface area (Å²) in [5.74, 6) is -4.37. The van der Waals surface area contributed by atoms with Gasteiger partial charge in [0.05, 0.1) is 0 Å². The molecule has 0 unspecified atom stereocenters. The molecule has 6 heteroatoms. The fourth-order valence-electron chi connectivity index (χ4n) is 1.48. The summed E-state index contributed by atoms with van der Waals surface area (Å²) >= 11 is 1.04. The number of rotatable bonds is 3. The molecule has 0 saturated carbocycles. The Labute approximate surface area is 110 Å². The molecule has 0 fully saturated rings. The van der Waals surface area contributed by atoms with Crippen molar-refractivity contribution in [2.45, 2.75) is 0 Å². The molecule has 1 heterocycles. The molecule has 1 aromatic heterocycles. The van der Waals surface area contributed by atoms with Crippen LogP contribution in [-0.2, 0) is 4.79 Å². The highest BCUT2D eigenvalue weighted by molar-refractivity contribution is 7.16. The molecule has 1 N–H and O–H groups in total. The minimum atomic E-state index is -1.26. The number of halogens is 3. The van der Waals surface area contributed by atoms with Crippen LogP contribution in [0.25, 0.3) is 16.5 Å². The molecule has 0 spiro atoms. The molecule has 0 bridgehead atoms. The third-order valence-corrected chi connectivity index (χ3v) is 3.36. The van der Waals surface area contributed by atoms with Crippen LogP contribution >= 0.6 is 11.3 Å². The molecule has 0 atom stereocenters. The van der Waals surface area contributed by atoms with Crippen LogP contribution in [0.1, 0.15) is 4.88 Å². The van der Waals surface area contributed by atoms with Crippen molar-refractivity contribution < 1.29 is 23.1 Å². The van der Waals surface area contributed by atoms with Gasteiger partial charge in [0, 0.05) is 27.5 Å². The summed E-state index contributed by atoms with van der Waals surface area (Å²) in [4.78, 5) is 11.2. The van der Waals surface area contributed by atoms with Gasteiger partial charge in [-0.1, -0.05) is 0 Å². The van der Waals surface area contributed by atoms with Gasteiger partial charge >= 0.3 is 5.97 Å². The fourth-order valence-corrected chi connectivity index (χ4v) is 2.40. The zero-order valence-electron chi connectivity index (χ0n) is 9.36. The minimum absolute atomic E-state index is 0.183. The maximum atomic E-state index is 13.5. The van der Waals surface area contributed by atoms with E-state index in [1.54, 1.807) is 6.07 Å². The van der Waals surface area contributed by atoms with Crippen molar-refractivity contribution in [2.24, 2.45) is 0 Å². The Hall–Kier alpha value is -2.08. The van der Waals surface area contributed by atoms with Crippen LogP contribution in [0.15, 0.2) is 30.3 Å². The molecule has 19 heavy (non-hydrogen) atoms. The third kappa shape index (κ3) is 3.03. The highest BCUT2D eigenvalue weighted by Gasteiger charge is 2.14. The van der Waals surface area contributed by atoms with Gasteiger partial charge in [-0.3, -0.25) is 0 Å². The minimum Gasteiger partial charge on any atom is -0.478 e. The molecule has 0 aliphatic heterocycles. The molecule has 0 aliphatic rings. The molecule has 2 aromatic rings. The largest absolute Gasteiger partial charge is 0.478 e. The Morgan fingerprint density at radius 2 is 1.95 bits per heavy atom. The van der Waals surface area contributed by atoms with Gasteiger partial charge in [-0.05, 0) is 24.3 Å². The van der Waals surface area contributed by atoms with E-state index in [1.165, 1.54) is 12.1 Å². The summed E-state index contributed by atoms with van der Waals surface area (Å²) in [5, 5.41) is 8.47. The van der Waals surface area contributed by atoms with Crippen LogP contribution in [0, 0.1) is 17.5 Å². The van der Waals surface area contributed by atoms with Crippen LogP contribution in [-0.4, -0.2) is 11.1 Å². The maximum Gasteiger partial charge on any atom is 0.328 e. The predicted molar refractivity (Wildman–Crippen MR) is 66.3 cm³/mol. The second kappa shape index (κ2) is 5.27. The lowest BCUT2D eigenvalue weighted by atomic mass is 10.1. The highest BCUT2D eigenvalue weighted by Crippen LogP contribution is 2.32. The lowest BCUT2D eigenvalue weighted by molar-refractivity contribution is -0.131. The van der Waals surface area contributed by atoms with Crippen LogP contribution < -0.4 is 0 Å². The number of aliphatic carboxylic acids is 1. The molecule has 0 saturated heterocycles. The second-order valence-corrected chi connectivity index (χ2v) is 4.74. The quantitative estimate of drug-likeness (QED) is 0.685. The topological polar surface area (TPSA) is 37.3 Å². The first-order valence-corrected chi connectivity index (χ1v) is 5.95. The number of carboxylic acid groups (broad SMARTS) is 1. The molecular formula is C13H7F3O2S. The lowest BCUT2D eigenvalue weighted by Crippen LogP contribution is -1.90. The lowest BCUT2D eigenvalue weighted by Gasteiger charge is -2.01. The molecule has 0 amide bonds. The monoisotopic (exact) mass is 284 g/mol. The Balaban J connectivity index is 2.41. The summed E-state index contributed by atoms with van der Waals surface area (Å²) in [7, 11) is 0. The molecule has 0 aliphatic carbocycles. The SMILES string of the molecule is O=C(O)C=Cc1ccc(-c2cc(F)cc(F)c2F)s1. The van der Waals surface area contributed by atoms with E-state index in [2.05, 4.69) is 0 Å². The average molecular weight is 284 g/mol. The first kappa shape index (κ1) is 13.4. The predicted octanol–water partition coefficient (Wildman–Crippen LogP) is 3.93. The van der Waals surface area contributed by atoms with E-state index >= 15 is 0 Å². The standard InChI is InChI=1S/C13H7F3O2S/c14-7-5-9(13(16)10(15)6-7)11-3-1-8(19-11)2-4-12(17)18/h1-6H,(H,17,18). The number of hydrogen-bond donors (Lipinski definition) is 1. The Morgan fingerprint density at radius 3 is 2.63 bits per heavy atom. The number of carbonyl (C=O) groups is 1. The molecule has 2 nitrogen and oxygen atoms in total. The number of carboxylic acids is 1. The molecule has 1 aromatic carbocycles. The molecule has 0 radical (unpaired) electrons. The highest BCUT2D eigenvalue weighted by atomic mass is 32.1. The Kier molecular flexibility index (Phi) is 3.71. The zero-order chi connectivity index (χ0) is 14.0. The van der Waals surface area contributed by atoms with E-state index < -0.39 is 23.4 Å². The van der Waals surface area contributed by atoms with Gasteiger partial charge in [0.15, 0.2) is 11.6 Å². The van der Waals surface area contributed by atoms with Crippen LogP contribution in [0.3, 0.4) is 0 Å². The van der Waals surface area contributed by atoms with Gasteiger partial charge in [0.2, 0.25) is 0 Å². The normalized spacial score (nSPS) is 11.1. The van der Waals surface area contributed by atoms with Crippen molar-refractivity contribution in [2.75, 3.05) is 0 Å². The van der Waals surface area contributed by atoms with Crippen molar-refractivity contribution in [3.8, 4) is 10.4 Å². The summed E-state index contributed by atoms with van der Waals surface area (Å²) in [6, 6.07) is 4.39. The van der Waals surface area contributed by atoms with Crippen LogP contribution in [0.2, 0.25) is 0 Å². The van der Waals surface area contributed by atoms with Crippen molar-refractivity contribution in [1.82, 2.24) is 0 Å². The van der Waals surface area contributed by atoms with Crippen molar-refractivity contribution in [3.05, 3.63) is 52.7 Å². The van der Waals surface area contributed by atoms with Gasteiger partial charge < -0.3 is 5.11 Å². The summed E-state index contributed by atoms with van der Waals surface area (Å²) in [6.45, 7) is 0. The van der Waals surface area contributed by atoms with Crippen LogP contribution in [0.5, 0.6) is 0 Å². The smallest absolute Gasteiger partial charge is 0.328 e. The Bertz CT molecular complexity index is 662. The molecule has 98 valence electrons. The number of benzene rings is 1. The summed E-state index contributed by atoms with van der Waals surface area (Å²) in [6.07, 6.45) is 2.25. The van der Waals surface area contributed by atoms with Gasteiger partial charge in [-0.15, -0.1) is 11.3 Å². The van der Waals surface area contributed by atoms with E-state index in [0.29, 0.717) is 15.8 Å². The van der Waals surface area contributed by atoms with Gasteiger partial charge in [-0.25, -0.2) is 18.0 Å². The fraction of sp³-hybridized carbons (Fsp3) is 0.